The average molecular weight is 519 g/mol. The van der Waals surface area contributed by atoms with Crippen molar-refractivity contribution < 1.29 is 14.2 Å². The molecule has 0 spiro atoms. The summed E-state index contributed by atoms with van der Waals surface area (Å²) < 4.78 is 16.5. The summed E-state index contributed by atoms with van der Waals surface area (Å²) >= 11 is 0. The molecule has 0 aliphatic heterocycles. The van der Waals surface area contributed by atoms with Gasteiger partial charge in [0.1, 0.15) is 5.75 Å². The van der Waals surface area contributed by atoms with Gasteiger partial charge in [-0.2, -0.15) is 0 Å². The predicted molar refractivity (Wildman–Crippen MR) is 129 cm³/mol. The smallest absolute Gasteiger partial charge is 0.191 e. The molecule has 7 heteroatoms. The summed E-state index contributed by atoms with van der Waals surface area (Å²) in [6.07, 6.45) is 7.61. The summed E-state index contributed by atoms with van der Waals surface area (Å²) in [7, 11) is 1.68. The number of rotatable bonds is 12. The van der Waals surface area contributed by atoms with Crippen LogP contribution in [0.1, 0.15) is 51.0 Å². The van der Waals surface area contributed by atoms with Gasteiger partial charge in [-0.15, -0.1) is 24.0 Å². The molecule has 6 nitrogen and oxygen atoms in total. The number of nitrogens with one attached hydrogen (secondary N) is 2. The Kier molecular flexibility index (Phi) is 15.0. The lowest BCUT2D eigenvalue weighted by atomic mass is 9.98. The lowest BCUT2D eigenvalue weighted by Crippen LogP contribution is -2.38. The SMILES string of the molecule is CCNC(=NCc1ccc(OC2CCCCC2)cc1)NCCCOCCOC.I. The standard InChI is InChI=1S/C22H37N3O3.HI/c1-3-23-22(24-14-7-15-27-17-16-26-2)25-18-19-10-12-21(13-11-19)28-20-8-5-4-6-9-20;/h10-13,20H,3-9,14-18H2,1-2H3,(H2,23,24,25);1H. The van der Waals surface area contributed by atoms with Crippen molar-refractivity contribution in [3.63, 3.8) is 0 Å². The van der Waals surface area contributed by atoms with Crippen LogP contribution in [-0.4, -0.2) is 52.1 Å². The van der Waals surface area contributed by atoms with Gasteiger partial charge in [0.2, 0.25) is 0 Å². The van der Waals surface area contributed by atoms with E-state index in [0.29, 0.717) is 25.9 Å². The quantitative estimate of drug-likeness (QED) is 0.188. The molecule has 166 valence electrons. The summed E-state index contributed by atoms with van der Waals surface area (Å²) in [5.41, 5.74) is 1.18. The Morgan fingerprint density at radius 1 is 1.03 bits per heavy atom. The summed E-state index contributed by atoms with van der Waals surface area (Å²) in [6, 6.07) is 8.35. The molecule has 0 heterocycles. The summed E-state index contributed by atoms with van der Waals surface area (Å²) in [5, 5.41) is 6.63. The highest BCUT2D eigenvalue weighted by Gasteiger charge is 2.14. The topological polar surface area (TPSA) is 64.1 Å². The van der Waals surface area contributed by atoms with E-state index in [-0.39, 0.29) is 24.0 Å². The van der Waals surface area contributed by atoms with Crippen LogP contribution >= 0.6 is 24.0 Å². The first kappa shape index (κ1) is 26.0. The molecule has 29 heavy (non-hydrogen) atoms. The molecule has 1 aliphatic rings. The molecule has 0 unspecified atom stereocenters. The van der Waals surface area contributed by atoms with E-state index in [9.17, 15) is 0 Å². The maximum atomic E-state index is 6.09. The molecular weight excluding hydrogens is 481 g/mol. The van der Waals surface area contributed by atoms with E-state index in [4.69, 9.17) is 14.2 Å². The maximum absolute atomic E-state index is 6.09. The zero-order valence-corrected chi connectivity index (χ0v) is 20.3. The van der Waals surface area contributed by atoms with Crippen molar-refractivity contribution in [1.29, 1.82) is 0 Å². The monoisotopic (exact) mass is 519 g/mol. The third kappa shape index (κ3) is 11.6. The van der Waals surface area contributed by atoms with Crippen LogP contribution in [0.25, 0.3) is 0 Å². The lowest BCUT2D eigenvalue weighted by Gasteiger charge is -2.23. The van der Waals surface area contributed by atoms with Crippen molar-refractivity contribution in [3.05, 3.63) is 29.8 Å². The molecule has 0 atom stereocenters. The summed E-state index contributed by atoms with van der Waals surface area (Å²) in [5.74, 6) is 1.81. The van der Waals surface area contributed by atoms with Gasteiger partial charge in [0.05, 0.1) is 25.9 Å². The number of ether oxygens (including phenoxy) is 3. The Bertz CT molecular complexity index is 549. The Hall–Kier alpha value is -1.06. The molecule has 2 rings (SSSR count). The normalized spacial score (nSPS) is 14.9. The molecule has 0 radical (unpaired) electrons. The second-order valence-corrected chi connectivity index (χ2v) is 7.10. The van der Waals surface area contributed by atoms with Crippen molar-refractivity contribution in [2.45, 2.75) is 58.1 Å². The highest BCUT2D eigenvalue weighted by molar-refractivity contribution is 14.0. The van der Waals surface area contributed by atoms with E-state index in [1.165, 1.54) is 37.7 Å². The van der Waals surface area contributed by atoms with Crippen LogP contribution in [-0.2, 0) is 16.0 Å². The molecule has 1 saturated carbocycles. The fraction of sp³-hybridized carbons (Fsp3) is 0.682. The summed E-state index contributed by atoms with van der Waals surface area (Å²) in [4.78, 5) is 4.67. The van der Waals surface area contributed by atoms with Crippen LogP contribution in [0.15, 0.2) is 29.3 Å². The molecule has 1 aliphatic carbocycles. The highest BCUT2D eigenvalue weighted by atomic mass is 127. The van der Waals surface area contributed by atoms with E-state index >= 15 is 0 Å². The number of guanidine groups is 1. The Balaban J connectivity index is 0.00000420. The number of hydrogen-bond donors (Lipinski definition) is 2. The summed E-state index contributed by atoms with van der Waals surface area (Å²) in [6.45, 7) is 6.38. The van der Waals surface area contributed by atoms with Crippen LogP contribution in [0.4, 0.5) is 0 Å². The predicted octanol–water partition coefficient (Wildman–Crippen LogP) is 4.12. The molecule has 1 aromatic rings. The minimum absolute atomic E-state index is 0. The third-order valence-electron chi connectivity index (χ3n) is 4.73. The van der Waals surface area contributed by atoms with Crippen LogP contribution < -0.4 is 15.4 Å². The van der Waals surface area contributed by atoms with Crippen LogP contribution in [0, 0.1) is 0 Å². The van der Waals surface area contributed by atoms with Crippen molar-refractivity contribution >= 4 is 29.9 Å². The van der Waals surface area contributed by atoms with Crippen molar-refractivity contribution in [3.8, 4) is 5.75 Å². The number of nitrogens with zero attached hydrogens (tertiary/aromatic N) is 1. The van der Waals surface area contributed by atoms with Crippen molar-refractivity contribution in [2.24, 2.45) is 4.99 Å². The van der Waals surface area contributed by atoms with Crippen LogP contribution in [0.3, 0.4) is 0 Å². The van der Waals surface area contributed by atoms with Gasteiger partial charge >= 0.3 is 0 Å². The Morgan fingerprint density at radius 3 is 2.48 bits per heavy atom. The van der Waals surface area contributed by atoms with E-state index in [2.05, 4.69) is 46.8 Å². The van der Waals surface area contributed by atoms with Gasteiger partial charge in [-0.05, 0) is 56.7 Å². The molecule has 1 fully saturated rings. The fourth-order valence-corrected chi connectivity index (χ4v) is 3.19. The van der Waals surface area contributed by atoms with Gasteiger partial charge in [0.25, 0.3) is 0 Å². The van der Waals surface area contributed by atoms with E-state index in [1.54, 1.807) is 7.11 Å². The third-order valence-corrected chi connectivity index (χ3v) is 4.73. The largest absolute Gasteiger partial charge is 0.490 e. The first-order valence-electron chi connectivity index (χ1n) is 10.7. The van der Waals surface area contributed by atoms with Gasteiger partial charge in [-0.3, -0.25) is 0 Å². The second-order valence-electron chi connectivity index (χ2n) is 7.10. The molecule has 0 amide bonds. The molecule has 2 N–H and O–H groups in total. The van der Waals surface area contributed by atoms with Gasteiger partial charge in [0, 0.05) is 26.8 Å². The van der Waals surface area contributed by atoms with E-state index < -0.39 is 0 Å². The second kappa shape index (κ2) is 16.7. The average Bonchev–Trinajstić information content (AvgIpc) is 2.73. The van der Waals surface area contributed by atoms with Crippen LogP contribution in [0.5, 0.6) is 5.75 Å². The van der Waals surface area contributed by atoms with Gasteiger partial charge < -0.3 is 24.8 Å². The number of aliphatic imine (C=N–C) groups is 1. The van der Waals surface area contributed by atoms with Crippen molar-refractivity contribution in [1.82, 2.24) is 10.6 Å². The molecule has 0 aromatic heterocycles. The van der Waals surface area contributed by atoms with Crippen LogP contribution in [0.2, 0.25) is 0 Å². The number of methoxy groups -OCH3 is 1. The van der Waals surface area contributed by atoms with Crippen molar-refractivity contribution in [2.75, 3.05) is 40.0 Å². The first-order valence-corrected chi connectivity index (χ1v) is 10.7. The Labute approximate surface area is 193 Å². The molecule has 1 aromatic carbocycles. The zero-order valence-electron chi connectivity index (χ0n) is 18.0. The zero-order chi connectivity index (χ0) is 19.9. The highest BCUT2D eigenvalue weighted by Crippen LogP contribution is 2.23. The fourth-order valence-electron chi connectivity index (χ4n) is 3.19. The Morgan fingerprint density at radius 2 is 1.79 bits per heavy atom. The van der Waals surface area contributed by atoms with E-state index in [0.717, 1.165) is 37.8 Å². The van der Waals surface area contributed by atoms with Gasteiger partial charge in [-0.25, -0.2) is 4.99 Å². The number of benzene rings is 1. The number of hydrogen-bond acceptors (Lipinski definition) is 4. The lowest BCUT2D eigenvalue weighted by molar-refractivity contribution is 0.0698. The molecule has 0 bridgehead atoms. The first-order chi connectivity index (χ1) is 13.8. The van der Waals surface area contributed by atoms with E-state index in [1.807, 2.05) is 0 Å². The minimum atomic E-state index is 0. The van der Waals surface area contributed by atoms with Gasteiger partial charge in [0.15, 0.2) is 5.96 Å². The number of halogens is 1. The molecule has 0 saturated heterocycles. The van der Waals surface area contributed by atoms with Gasteiger partial charge in [-0.1, -0.05) is 18.6 Å². The maximum Gasteiger partial charge on any atom is 0.191 e. The molecular formula is C22H38IN3O3. The minimum Gasteiger partial charge on any atom is -0.490 e.